The number of hydrogen-bond acceptors (Lipinski definition) is 2. The van der Waals surface area contributed by atoms with Crippen molar-refractivity contribution in [3.8, 4) is 6.07 Å². The monoisotopic (exact) mass is 191 g/mol. The predicted molar refractivity (Wildman–Crippen MR) is 52.2 cm³/mol. The molecule has 4 aliphatic rings. The maximum Gasteiger partial charge on any atom is 0.0665 e. The molecule has 4 saturated carbocycles. The molecule has 14 heavy (non-hydrogen) atoms. The fourth-order valence-electron chi connectivity index (χ4n) is 4.68. The van der Waals surface area contributed by atoms with Crippen molar-refractivity contribution < 1.29 is 5.11 Å². The molecular weight excluding hydrogens is 174 g/mol. The van der Waals surface area contributed by atoms with E-state index < -0.39 is 0 Å². The number of aliphatic hydroxyl groups is 1. The van der Waals surface area contributed by atoms with Gasteiger partial charge in [-0.05, 0) is 49.9 Å². The van der Waals surface area contributed by atoms with Crippen LogP contribution in [0.25, 0.3) is 0 Å². The van der Waals surface area contributed by atoms with Crippen molar-refractivity contribution in [2.24, 2.45) is 29.1 Å². The quantitative estimate of drug-likeness (QED) is 0.688. The van der Waals surface area contributed by atoms with Gasteiger partial charge in [-0.25, -0.2) is 0 Å². The molecule has 0 aromatic carbocycles. The van der Waals surface area contributed by atoms with Crippen LogP contribution in [0.1, 0.15) is 32.1 Å². The molecule has 2 nitrogen and oxygen atoms in total. The van der Waals surface area contributed by atoms with E-state index in [1.165, 1.54) is 19.3 Å². The van der Waals surface area contributed by atoms with Crippen molar-refractivity contribution in [2.75, 3.05) is 6.61 Å². The molecule has 0 radical (unpaired) electrons. The van der Waals surface area contributed by atoms with Gasteiger partial charge < -0.3 is 5.11 Å². The summed E-state index contributed by atoms with van der Waals surface area (Å²) in [5, 5.41) is 18.8. The Kier molecular flexibility index (Phi) is 1.70. The van der Waals surface area contributed by atoms with Crippen LogP contribution in [0.2, 0.25) is 0 Å². The van der Waals surface area contributed by atoms with Crippen molar-refractivity contribution in [1.29, 1.82) is 5.26 Å². The maximum atomic E-state index is 9.58. The molecule has 0 aromatic rings. The van der Waals surface area contributed by atoms with E-state index in [9.17, 15) is 10.4 Å². The Morgan fingerprint density at radius 2 is 1.86 bits per heavy atom. The molecule has 2 heteroatoms. The molecule has 0 spiro atoms. The number of hydrogen-bond donors (Lipinski definition) is 1. The standard InChI is InChI=1S/C12H17NO/c13-6-11-10-2-8-1-9(3-10)5-12(11,4-8)7-14/h8-11,14H,1-5,7H2. The summed E-state index contributed by atoms with van der Waals surface area (Å²) in [6, 6.07) is 2.48. The Hall–Kier alpha value is -0.550. The van der Waals surface area contributed by atoms with Crippen LogP contribution in [0.15, 0.2) is 0 Å². The molecule has 0 heterocycles. The molecule has 4 rings (SSSR count). The molecule has 4 fully saturated rings. The normalized spacial score (nSPS) is 54.6. The average molecular weight is 191 g/mol. The summed E-state index contributed by atoms with van der Waals surface area (Å²) < 4.78 is 0. The molecule has 4 bridgehead atoms. The first-order chi connectivity index (χ1) is 6.77. The minimum absolute atomic E-state index is 0.00347. The zero-order chi connectivity index (χ0) is 9.76. The van der Waals surface area contributed by atoms with Crippen molar-refractivity contribution in [3.05, 3.63) is 0 Å². The Balaban J connectivity index is 1.99. The van der Waals surface area contributed by atoms with Crippen LogP contribution in [0.4, 0.5) is 0 Å². The third kappa shape index (κ3) is 0.941. The summed E-state index contributed by atoms with van der Waals surface area (Å²) in [5.41, 5.74) is 0.00347. The molecular formula is C12H17NO. The number of rotatable bonds is 1. The summed E-state index contributed by atoms with van der Waals surface area (Å²) >= 11 is 0. The van der Waals surface area contributed by atoms with E-state index in [-0.39, 0.29) is 17.9 Å². The Bertz CT molecular complexity index is 279. The zero-order valence-corrected chi connectivity index (χ0v) is 8.45. The first-order valence-electron chi connectivity index (χ1n) is 5.78. The molecule has 3 unspecified atom stereocenters. The van der Waals surface area contributed by atoms with Crippen molar-refractivity contribution in [1.82, 2.24) is 0 Å². The molecule has 0 saturated heterocycles. The van der Waals surface area contributed by atoms with Crippen molar-refractivity contribution in [2.45, 2.75) is 32.1 Å². The van der Waals surface area contributed by atoms with E-state index in [0.717, 1.165) is 24.7 Å². The Morgan fingerprint density at radius 1 is 1.21 bits per heavy atom. The van der Waals surface area contributed by atoms with Crippen molar-refractivity contribution in [3.63, 3.8) is 0 Å². The van der Waals surface area contributed by atoms with Crippen LogP contribution in [0, 0.1) is 40.4 Å². The second-order valence-corrected chi connectivity index (χ2v) is 5.73. The second kappa shape index (κ2) is 2.73. The van der Waals surface area contributed by atoms with E-state index in [1.54, 1.807) is 0 Å². The number of nitrogens with zero attached hydrogens (tertiary/aromatic N) is 1. The van der Waals surface area contributed by atoms with Gasteiger partial charge in [-0.1, -0.05) is 0 Å². The predicted octanol–water partition coefficient (Wildman–Crippen LogP) is 1.94. The average Bonchev–Trinajstić information content (AvgIpc) is 2.16. The van der Waals surface area contributed by atoms with Crippen LogP contribution in [0.5, 0.6) is 0 Å². The topological polar surface area (TPSA) is 44.0 Å². The summed E-state index contributed by atoms with van der Waals surface area (Å²) in [5.74, 6) is 2.41. The van der Waals surface area contributed by atoms with Gasteiger partial charge in [0.05, 0.1) is 12.0 Å². The van der Waals surface area contributed by atoms with Gasteiger partial charge in [0, 0.05) is 12.0 Å². The summed E-state index contributed by atoms with van der Waals surface area (Å²) in [6.45, 7) is 0.245. The lowest BCUT2D eigenvalue weighted by Crippen LogP contribution is -2.53. The summed E-state index contributed by atoms with van der Waals surface area (Å²) in [6.07, 6.45) is 6.13. The van der Waals surface area contributed by atoms with E-state index in [2.05, 4.69) is 6.07 Å². The highest BCUT2D eigenvalue weighted by atomic mass is 16.3. The largest absolute Gasteiger partial charge is 0.396 e. The van der Waals surface area contributed by atoms with E-state index >= 15 is 0 Å². The van der Waals surface area contributed by atoms with Gasteiger partial charge in [-0.2, -0.15) is 5.26 Å². The SMILES string of the molecule is N#CC1C2CC3CC(C2)CC1(CO)C3. The molecule has 1 N–H and O–H groups in total. The van der Waals surface area contributed by atoms with Gasteiger partial charge in [0.2, 0.25) is 0 Å². The molecule has 4 aliphatic carbocycles. The van der Waals surface area contributed by atoms with Crippen molar-refractivity contribution >= 4 is 0 Å². The van der Waals surface area contributed by atoms with Crippen LogP contribution < -0.4 is 0 Å². The summed E-state index contributed by atoms with van der Waals surface area (Å²) in [4.78, 5) is 0. The number of aliphatic hydroxyl groups excluding tert-OH is 1. The van der Waals surface area contributed by atoms with Crippen LogP contribution in [-0.2, 0) is 0 Å². The summed E-state index contributed by atoms with van der Waals surface area (Å²) in [7, 11) is 0. The van der Waals surface area contributed by atoms with Crippen LogP contribution in [-0.4, -0.2) is 11.7 Å². The Labute approximate surface area is 84.9 Å². The minimum Gasteiger partial charge on any atom is -0.396 e. The molecule has 3 atom stereocenters. The highest BCUT2D eigenvalue weighted by molar-refractivity contribution is 5.12. The van der Waals surface area contributed by atoms with Crippen LogP contribution >= 0.6 is 0 Å². The smallest absolute Gasteiger partial charge is 0.0665 e. The van der Waals surface area contributed by atoms with E-state index in [4.69, 9.17) is 0 Å². The molecule has 0 aromatic heterocycles. The minimum atomic E-state index is 0.00347. The number of nitriles is 1. The fourth-order valence-corrected chi connectivity index (χ4v) is 4.68. The Morgan fingerprint density at radius 3 is 2.36 bits per heavy atom. The zero-order valence-electron chi connectivity index (χ0n) is 8.45. The lowest BCUT2D eigenvalue weighted by molar-refractivity contribution is -0.111. The van der Waals surface area contributed by atoms with Gasteiger partial charge in [-0.3, -0.25) is 0 Å². The highest BCUT2D eigenvalue weighted by Crippen LogP contribution is 2.62. The molecule has 0 amide bonds. The second-order valence-electron chi connectivity index (χ2n) is 5.73. The van der Waals surface area contributed by atoms with Gasteiger partial charge in [0.15, 0.2) is 0 Å². The lowest BCUT2D eigenvalue weighted by atomic mass is 9.45. The van der Waals surface area contributed by atoms with Gasteiger partial charge in [0.25, 0.3) is 0 Å². The van der Waals surface area contributed by atoms with Gasteiger partial charge in [0.1, 0.15) is 0 Å². The van der Waals surface area contributed by atoms with Crippen LogP contribution in [0.3, 0.4) is 0 Å². The molecule has 0 aliphatic heterocycles. The molecule has 76 valence electrons. The van der Waals surface area contributed by atoms with Gasteiger partial charge >= 0.3 is 0 Å². The van der Waals surface area contributed by atoms with E-state index in [1.807, 2.05) is 0 Å². The first kappa shape index (κ1) is 8.73. The third-order valence-corrected chi connectivity index (χ3v) is 4.91. The first-order valence-corrected chi connectivity index (χ1v) is 5.78. The van der Waals surface area contributed by atoms with E-state index in [0.29, 0.717) is 5.92 Å². The highest BCUT2D eigenvalue weighted by Gasteiger charge is 2.56. The van der Waals surface area contributed by atoms with Gasteiger partial charge in [-0.15, -0.1) is 0 Å². The maximum absolute atomic E-state index is 9.58. The third-order valence-electron chi connectivity index (χ3n) is 4.91. The fraction of sp³-hybridized carbons (Fsp3) is 0.917. The lowest BCUT2D eigenvalue weighted by Gasteiger charge is -2.58.